The largest absolute Gasteiger partial charge is 0.493 e. The molecule has 6 nitrogen and oxygen atoms in total. The standard InChI is InChI=1S/C24H25F2NO5/c1-14(2)18-8-5-15(3)11-21(18)30-13-17-7-10-20(31-17)23(28)27-16-6-9-19(32-24(25)26)22(12-16)29-4/h5-12,14,24H,13H2,1-4H3,(H,27,28). The molecule has 0 aliphatic rings. The van der Waals surface area contributed by atoms with E-state index in [0.717, 1.165) is 16.9 Å². The Morgan fingerprint density at radius 2 is 1.81 bits per heavy atom. The highest BCUT2D eigenvalue weighted by molar-refractivity contribution is 6.02. The number of carbonyl (C=O) groups is 1. The van der Waals surface area contributed by atoms with Gasteiger partial charge in [0.2, 0.25) is 0 Å². The smallest absolute Gasteiger partial charge is 0.387 e. The molecule has 1 N–H and O–H groups in total. The molecule has 1 aromatic heterocycles. The number of halogens is 2. The summed E-state index contributed by atoms with van der Waals surface area (Å²) in [5.74, 6) is 1.09. The molecule has 2 aromatic carbocycles. The van der Waals surface area contributed by atoms with E-state index < -0.39 is 12.5 Å². The third-order valence-electron chi connectivity index (χ3n) is 4.68. The zero-order chi connectivity index (χ0) is 23.3. The van der Waals surface area contributed by atoms with Crippen LogP contribution in [-0.2, 0) is 6.61 Å². The van der Waals surface area contributed by atoms with Crippen LogP contribution in [0.1, 0.15) is 47.2 Å². The average Bonchev–Trinajstić information content (AvgIpc) is 3.22. The molecule has 170 valence electrons. The van der Waals surface area contributed by atoms with Crippen molar-refractivity contribution in [3.8, 4) is 17.2 Å². The molecule has 3 rings (SSSR count). The van der Waals surface area contributed by atoms with E-state index in [9.17, 15) is 13.6 Å². The molecular weight excluding hydrogens is 420 g/mol. The lowest BCUT2D eigenvalue weighted by Gasteiger charge is -2.14. The molecule has 0 spiro atoms. The van der Waals surface area contributed by atoms with E-state index in [4.69, 9.17) is 13.9 Å². The molecule has 0 unspecified atom stereocenters. The lowest BCUT2D eigenvalue weighted by atomic mass is 10.0. The van der Waals surface area contributed by atoms with Gasteiger partial charge in [-0.3, -0.25) is 4.79 Å². The van der Waals surface area contributed by atoms with Gasteiger partial charge in [-0.25, -0.2) is 0 Å². The minimum absolute atomic E-state index is 0.0655. The maximum atomic E-state index is 12.5. The highest BCUT2D eigenvalue weighted by atomic mass is 19.3. The number of hydrogen-bond acceptors (Lipinski definition) is 5. The van der Waals surface area contributed by atoms with E-state index in [1.165, 1.54) is 25.3 Å². The number of amides is 1. The number of benzene rings is 2. The Bertz CT molecular complexity index is 1080. The van der Waals surface area contributed by atoms with E-state index in [2.05, 4.69) is 23.9 Å². The van der Waals surface area contributed by atoms with Gasteiger partial charge in [-0.15, -0.1) is 0 Å². The third kappa shape index (κ3) is 5.78. The normalized spacial score (nSPS) is 11.0. The first-order valence-corrected chi connectivity index (χ1v) is 10.0. The molecule has 32 heavy (non-hydrogen) atoms. The van der Waals surface area contributed by atoms with Gasteiger partial charge < -0.3 is 23.9 Å². The second-order valence-electron chi connectivity index (χ2n) is 7.45. The summed E-state index contributed by atoms with van der Waals surface area (Å²) in [6.45, 7) is 3.36. The van der Waals surface area contributed by atoms with Crippen LogP contribution >= 0.6 is 0 Å². The molecule has 8 heteroatoms. The van der Waals surface area contributed by atoms with Crippen LogP contribution in [0.2, 0.25) is 0 Å². The number of ether oxygens (including phenoxy) is 3. The van der Waals surface area contributed by atoms with Gasteiger partial charge in [0.05, 0.1) is 7.11 Å². The summed E-state index contributed by atoms with van der Waals surface area (Å²) in [6.07, 6.45) is 0. The van der Waals surface area contributed by atoms with Gasteiger partial charge >= 0.3 is 6.61 Å². The summed E-state index contributed by atoms with van der Waals surface area (Å²) in [5.41, 5.74) is 2.52. The molecule has 1 amide bonds. The fourth-order valence-corrected chi connectivity index (χ4v) is 3.10. The lowest BCUT2D eigenvalue weighted by Crippen LogP contribution is -2.11. The van der Waals surface area contributed by atoms with Crippen molar-refractivity contribution in [3.05, 3.63) is 71.2 Å². The van der Waals surface area contributed by atoms with Gasteiger partial charge in [-0.1, -0.05) is 26.0 Å². The highest BCUT2D eigenvalue weighted by Crippen LogP contribution is 2.32. The van der Waals surface area contributed by atoms with E-state index >= 15 is 0 Å². The van der Waals surface area contributed by atoms with Crippen LogP contribution in [0.25, 0.3) is 0 Å². The van der Waals surface area contributed by atoms with E-state index in [0.29, 0.717) is 17.4 Å². The number of methoxy groups -OCH3 is 1. The summed E-state index contributed by atoms with van der Waals surface area (Å²) < 4.78 is 45.9. The number of aryl methyl sites for hydroxylation is 1. The Hall–Kier alpha value is -3.55. The van der Waals surface area contributed by atoms with Crippen molar-refractivity contribution in [2.75, 3.05) is 12.4 Å². The highest BCUT2D eigenvalue weighted by Gasteiger charge is 2.16. The second kappa shape index (κ2) is 10.2. The Morgan fingerprint density at radius 1 is 1.03 bits per heavy atom. The van der Waals surface area contributed by atoms with Crippen molar-refractivity contribution < 1.29 is 32.2 Å². The number of nitrogens with one attached hydrogen (secondary N) is 1. The molecule has 0 aliphatic carbocycles. The van der Waals surface area contributed by atoms with Crippen molar-refractivity contribution >= 4 is 11.6 Å². The van der Waals surface area contributed by atoms with Gasteiger partial charge in [0.1, 0.15) is 18.1 Å². The fraction of sp³-hybridized carbons (Fsp3) is 0.292. The maximum Gasteiger partial charge on any atom is 0.387 e. The number of furan rings is 1. The average molecular weight is 445 g/mol. The Kier molecular flexibility index (Phi) is 7.35. The molecule has 0 atom stereocenters. The van der Waals surface area contributed by atoms with Crippen molar-refractivity contribution in [2.45, 2.75) is 39.9 Å². The number of carbonyl (C=O) groups excluding carboxylic acids is 1. The molecule has 1 heterocycles. The number of anilines is 1. The number of rotatable bonds is 9. The van der Waals surface area contributed by atoms with Crippen LogP contribution < -0.4 is 19.5 Å². The van der Waals surface area contributed by atoms with Crippen LogP contribution in [0.4, 0.5) is 14.5 Å². The topological polar surface area (TPSA) is 69.9 Å². The number of alkyl halides is 2. The van der Waals surface area contributed by atoms with Crippen molar-refractivity contribution in [3.63, 3.8) is 0 Å². The minimum Gasteiger partial charge on any atom is -0.493 e. The fourth-order valence-electron chi connectivity index (χ4n) is 3.10. The monoisotopic (exact) mass is 445 g/mol. The van der Waals surface area contributed by atoms with Crippen LogP contribution in [0, 0.1) is 6.92 Å². The summed E-state index contributed by atoms with van der Waals surface area (Å²) >= 11 is 0. The maximum absolute atomic E-state index is 12.5. The van der Waals surface area contributed by atoms with Crippen LogP contribution in [0.5, 0.6) is 17.2 Å². The molecule has 0 bridgehead atoms. The molecule has 0 saturated carbocycles. The Labute approximate surface area is 185 Å². The molecule has 0 aliphatic heterocycles. The van der Waals surface area contributed by atoms with Crippen molar-refractivity contribution in [1.82, 2.24) is 0 Å². The van der Waals surface area contributed by atoms with E-state index in [1.54, 1.807) is 12.1 Å². The zero-order valence-corrected chi connectivity index (χ0v) is 18.3. The van der Waals surface area contributed by atoms with Crippen molar-refractivity contribution in [1.29, 1.82) is 0 Å². The van der Waals surface area contributed by atoms with Crippen LogP contribution in [0.15, 0.2) is 52.9 Å². The molecule has 3 aromatic rings. The summed E-state index contributed by atoms with van der Waals surface area (Å²) in [6, 6.07) is 13.4. The first-order chi connectivity index (χ1) is 15.3. The third-order valence-corrected chi connectivity index (χ3v) is 4.68. The van der Waals surface area contributed by atoms with Gasteiger partial charge in [0.15, 0.2) is 17.3 Å². The predicted octanol–water partition coefficient (Wildman–Crippen LogP) is 6.15. The van der Waals surface area contributed by atoms with E-state index in [1.807, 2.05) is 25.1 Å². The first kappa shape index (κ1) is 23.1. The molecule has 0 radical (unpaired) electrons. The SMILES string of the molecule is COc1cc(NC(=O)c2ccc(COc3cc(C)ccc3C(C)C)o2)ccc1OC(F)F. The quantitative estimate of drug-likeness (QED) is 0.428. The second-order valence-corrected chi connectivity index (χ2v) is 7.45. The zero-order valence-electron chi connectivity index (χ0n) is 18.3. The summed E-state index contributed by atoms with van der Waals surface area (Å²) in [5, 5.41) is 2.64. The van der Waals surface area contributed by atoms with Crippen molar-refractivity contribution in [2.24, 2.45) is 0 Å². The molecular formula is C24H25F2NO5. The number of hydrogen-bond donors (Lipinski definition) is 1. The van der Waals surface area contributed by atoms with Gasteiger partial charge in [-0.2, -0.15) is 8.78 Å². The molecule has 0 saturated heterocycles. The summed E-state index contributed by atoms with van der Waals surface area (Å²) in [4.78, 5) is 12.5. The predicted molar refractivity (Wildman–Crippen MR) is 116 cm³/mol. The molecule has 0 fully saturated rings. The Morgan fingerprint density at radius 3 is 2.50 bits per heavy atom. The van der Waals surface area contributed by atoms with Gasteiger partial charge in [0, 0.05) is 11.8 Å². The summed E-state index contributed by atoms with van der Waals surface area (Å²) in [7, 11) is 1.32. The van der Waals surface area contributed by atoms with Gasteiger partial charge in [-0.05, 0) is 54.3 Å². The van der Waals surface area contributed by atoms with Crippen LogP contribution in [0.3, 0.4) is 0 Å². The first-order valence-electron chi connectivity index (χ1n) is 10.0. The van der Waals surface area contributed by atoms with E-state index in [-0.39, 0.29) is 23.9 Å². The van der Waals surface area contributed by atoms with Gasteiger partial charge in [0.25, 0.3) is 5.91 Å². The minimum atomic E-state index is -2.98. The van der Waals surface area contributed by atoms with Crippen LogP contribution in [-0.4, -0.2) is 19.6 Å². The lowest BCUT2D eigenvalue weighted by molar-refractivity contribution is -0.0512. The Balaban J connectivity index is 1.66.